The second kappa shape index (κ2) is 11.9. The molecule has 2 aliphatic rings. The Bertz CT molecular complexity index is 1540. The molecule has 13 heteroatoms. The van der Waals surface area contributed by atoms with Crippen molar-refractivity contribution >= 4 is 27.4 Å². The maximum atomic E-state index is 14.0. The van der Waals surface area contributed by atoms with Crippen LogP contribution in [-0.4, -0.2) is 82.3 Å². The third-order valence-electron chi connectivity index (χ3n) is 7.45. The Morgan fingerprint density at radius 2 is 1.79 bits per heavy atom. The summed E-state index contributed by atoms with van der Waals surface area (Å²) in [6.07, 6.45) is 0.516. The summed E-state index contributed by atoms with van der Waals surface area (Å²) in [6, 6.07) is 10.6. The van der Waals surface area contributed by atoms with Crippen molar-refractivity contribution in [3.63, 3.8) is 0 Å². The molecule has 0 unspecified atom stereocenters. The molecular formula is C29H34F2N6O4S. The summed E-state index contributed by atoms with van der Waals surface area (Å²) in [5.74, 6) is -1.08. The Kier molecular flexibility index (Phi) is 8.44. The summed E-state index contributed by atoms with van der Waals surface area (Å²) in [6.45, 7) is 4.71. The Balaban J connectivity index is 1.49. The van der Waals surface area contributed by atoms with Crippen LogP contribution < -0.4 is 15.5 Å². The summed E-state index contributed by atoms with van der Waals surface area (Å²) < 4.78 is 59.8. The SMILES string of the molecule is C[C@H]1COCCN1c1cc(C2(S(=O)(=O)c3cc(F)cc(F)c3)CC2)nc(-c2ccc(NC(=O)NCCN(C)C)cc2)n1. The first-order valence-electron chi connectivity index (χ1n) is 13.7. The lowest BCUT2D eigenvalue weighted by molar-refractivity contribution is 0.0985. The van der Waals surface area contributed by atoms with Crippen LogP contribution in [-0.2, 0) is 19.3 Å². The second-order valence-electron chi connectivity index (χ2n) is 10.9. The van der Waals surface area contributed by atoms with Gasteiger partial charge < -0.3 is 25.2 Å². The molecule has 2 amide bonds. The zero-order chi connectivity index (χ0) is 30.1. The quantitative estimate of drug-likeness (QED) is 0.381. The summed E-state index contributed by atoms with van der Waals surface area (Å²) in [4.78, 5) is 25.3. The molecule has 1 aliphatic heterocycles. The number of likely N-dealkylation sites (N-methyl/N-ethyl adjacent to an activating group) is 1. The van der Waals surface area contributed by atoms with Crippen molar-refractivity contribution in [3.8, 4) is 11.4 Å². The lowest BCUT2D eigenvalue weighted by Gasteiger charge is -2.34. The van der Waals surface area contributed by atoms with E-state index in [-0.39, 0.29) is 30.6 Å². The number of hydrogen-bond acceptors (Lipinski definition) is 8. The minimum Gasteiger partial charge on any atom is -0.377 e. The number of benzene rings is 2. The van der Waals surface area contributed by atoms with Crippen LogP contribution in [0.25, 0.3) is 11.4 Å². The van der Waals surface area contributed by atoms with E-state index in [0.717, 1.165) is 12.1 Å². The van der Waals surface area contributed by atoms with E-state index in [9.17, 15) is 22.0 Å². The maximum Gasteiger partial charge on any atom is 0.319 e. The Morgan fingerprint density at radius 3 is 2.40 bits per heavy atom. The van der Waals surface area contributed by atoms with Gasteiger partial charge in [0.2, 0.25) is 0 Å². The van der Waals surface area contributed by atoms with Crippen molar-refractivity contribution in [2.45, 2.75) is 35.4 Å². The topological polar surface area (TPSA) is 117 Å². The first kappa shape index (κ1) is 29.8. The van der Waals surface area contributed by atoms with Crippen molar-refractivity contribution in [1.29, 1.82) is 0 Å². The van der Waals surface area contributed by atoms with Crippen LogP contribution >= 0.6 is 0 Å². The molecule has 1 saturated heterocycles. The van der Waals surface area contributed by atoms with Crippen molar-refractivity contribution < 1.29 is 26.7 Å². The number of morpholine rings is 1. The minimum atomic E-state index is -4.19. The van der Waals surface area contributed by atoms with Crippen LogP contribution in [0.15, 0.2) is 53.4 Å². The van der Waals surface area contributed by atoms with E-state index in [1.807, 2.05) is 30.8 Å². The number of anilines is 2. The fraction of sp³-hybridized carbons (Fsp3) is 0.414. The molecule has 2 fully saturated rings. The second-order valence-corrected chi connectivity index (χ2v) is 13.2. The van der Waals surface area contributed by atoms with Gasteiger partial charge in [-0.25, -0.2) is 32.0 Å². The van der Waals surface area contributed by atoms with Crippen LogP contribution in [0.1, 0.15) is 25.5 Å². The van der Waals surface area contributed by atoms with E-state index >= 15 is 0 Å². The molecule has 3 aromatic rings. The molecule has 1 aromatic heterocycles. The monoisotopic (exact) mass is 600 g/mol. The molecular weight excluding hydrogens is 566 g/mol. The molecule has 1 atom stereocenters. The number of ether oxygens (including phenoxy) is 1. The Morgan fingerprint density at radius 1 is 1.10 bits per heavy atom. The van der Waals surface area contributed by atoms with Gasteiger partial charge in [-0.3, -0.25) is 0 Å². The fourth-order valence-corrected chi connectivity index (χ4v) is 6.97. The largest absolute Gasteiger partial charge is 0.377 e. The Labute approximate surface area is 244 Å². The summed E-state index contributed by atoms with van der Waals surface area (Å²) >= 11 is 0. The fourth-order valence-electron chi connectivity index (χ4n) is 4.97. The van der Waals surface area contributed by atoms with Gasteiger partial charge in [0.25, 0.3) is 0 Å². The highest BCUT2D eigenvalue weighted by atomic mass is 32.2. The maximum absolute atomic E-state index is 14.0. The zero-order valence-electron chi connectivity index (χ0n) is 23.7. The normalized spacial score (nSPS) is 18.1. The van der Waals surface area contributed by atoms with Gasteiger partial charge in [-0.2, -0.15) is 0 Å². The molecule has 2 aromatic carbocycles. The molecule has 224 valence electrons. The molecule has 2 heterocycles. The predicted octanol–water partition coefficient (Wildman–Crippen LogP) is 3.79. The average Bonchev–Trinajstić information content (AvgIpc) is 3.76. The lowest BCUT2D eigenvalue weighted by atomic mass is 10.1. The van der Waals surface area contributed by atoms with Gasteiger partial charge in [-0.15, -0.1) is 0 Å². The lowest BCUT2D eigenvalue weighted by Crippen LogP contribution is -2.44. The van der Waals surface area contributed by atoms with E-state index in [2.05, 4.69) is 10.6 Å². The highest BCUT2D eigenvalue weighted by Crippen LogP contribution is 2.55. The van der Waals surface area contributed by atoms with Gasteiger partial charge in [0, 0.05) is 43.0 Å². The third kappa shape index (κ3) is 6.22. The number of aromatic nitrogens is 2. The molecule has 1 aliphatic carbocycles. The number of halogens is 2. The number of urea groups is 1. The number of carbonyl (C=O) groups is 1. The number of carbonyl (C=O) groups excluding carboxylic acids is 1. The number of nitrogens with zero attached hydrogens (tertiary/aromatic N) is 4. The smallest absolute Gasteiger partial charge is 0.319 e. The number of hydrogen-bond donors (Lipinski definition) is 2. The van der Waals surface area contributed by atoms with Gasteiger partial charge >= 0.3 is 6.03 Å². The van der Waals surface area contributed by atoms with Gasteiger partial charge in [0.1, 0.15) is 22.2 Å². The minimum absolute atomic E-state index is 0.0176. The van der Waals surface area contributed by atoms with Gasteiger partial charge in [-0.1, -0.05) is 0 Å². The standard InChI is InChI=1S/C29H34F2N6O4S/c1-19-18-41-13-12-37(19)26-17-25(29(8-9-29)42(39,40)24-15-21(30)14-22(31)16-24)34-27(35-26)20-4-6-23(7-5-20)33-28(38)32-10-11-36(2)3/h4-7,14-17,19H,8-13,18H2,1-3H3,(H2,32,33,38)/t19-/m0/s1. The van der Waals surface area contributed by atoms with Crippen molar-refractivity contribution in [1.82, 2.24) is 20.2 Å². The van der Waals surface area contributed by atoms with Crippen LogP contribution in [0.3, 0.4) is 0 Å². The average molecular weight is 601 g/mol. The van der Waals surface area contributed by atoms with Gasteiger partial charge in [0.15, 0.2) is 15.7 Å². The number of nitrogens with one attached hydrogen (secondary N) is 2. The summed E-state index contributed by atoms with van der Waals surface area (Å²) in [5.41, 5.74) is 1.45. The van der Waals surface area contributed by atoms with Crippen LogP contribution in [0, 0.1) is 11.6 Å². The van der Waals surface area contributed by atoms with Crippen molar-refractivity contribution in [3.05, 3.63) is 65.9 Å². The highest BCUT2D eigenvalue weighted by Gasteiger charge is 2.58. The number of sulfone groups is 1. The summed E-state index contributed by atoms with van der Waals surface area (Å²) in [7, 11) is -0.352. The number of amides is 2. The zero-order valence-corrected chi connectivity index (χ0v) is 24.5. The molecule has 5 rings (SSSR count). The first-order chi connectivity index (χ1) is 20.0. The van der Waals surface area contributed by atoms with Crippen LogP contribution in [0.5, 0.6) is 0 Å². The van der Waals surface area contributed by atoms with E-state index in [0.29, 0.717) is 61.8 Å². The van der Waals surface area contributed by atoms with E-state index in [1.54, 1.807) is 30.3 Å². The Hall–Kier alpha value is -3.68. The van der Waals surface area contributed by atoms with E-state index in [4.69, 9.17) is 14.7 Å². The molecule has 0 bridgehead atoms. The van der Waals surface area contributed by atoms with Crippen molar-refractivity contribution in [2.75, 3.05) is 57.2 Å². The predicted molar refractivity (Wildman–Crippen MR) is 155 cm³/mol. The van der Waals surface area contributed by atoms with Crippen LogP contribution in [0.2, 0.25) is 0 Å². The summed E-state index contributed by atoms with van der Waals surface area (Å²) in [5, 5.41) is 5.57. The molecule has 42 heavy (non-hydrogen) atoms. The molecule has 10 nitrogen and oxygen atoms in total. The first-order valence-corrected chi connectivity index (χ1v) is 15.2. The number of rotatable bonds is 9. The molecule has 2 N–H and O–H groups in total. The third-order valence-corrected chi connectivity index (χ3v) is 9.95. The molecule has 0 radical (unpaired) electrons. The molecule has 1 saturated carbocycles. The molecule has 0 spiro atoms. The van der Waals surface area contributed by atoms with Crippen LogP contribution in [0.4, 0.5) is 25.1 Å². The highest BCUT2D eigenvalue weighted by molar-refractivity contribution is 7.92. The van der Waals surface area contributed by atoms with E-state index < -0.39 is 31.1 Å². The van der Waals surface area contributed by atoms with Gasteiger partial charge in [-0.05, 0) is 70.3 Å². The van der Waals surface area contributed by atoms with Gasteiger partial charge in [0.05, 0.1) is 29.8 Å². The van der Waals surface area contributed by atoms with Crippen molar-refractivity contribution in [2.24, 2.45) is 0 Å². The van der Waals surface area contributed by atoms with E-state index in [1.165, 1.54) is 0 Å².